The van der Waals surface area contributed by atoms with Gasteiger partial charge in [0, 0.05) is 19.1 Å². The molecule has 1 heterocycles. The molecule has 0 radical (unpaired) electrons. The van der Waals surface area contributed by atoms with E-state index in [1.165, 1.54) is 51.6 Å². The summed E-state index contributed by atoms with van der Waals surface area (Å²) >= 11 is 0. The van der Waals surface area contributed by atoms with Crippen molar-refractivity contribution < 1.29 is 0 Å². The van der Waals surface area contributed by atoms with E-state index in [1.807, 2.05) is 0 Å². The van der Waals surface area contributed by atoms with Gasteiger partial charge in [-0.2, -0.15) is 0 Å². The van der Waals surface area contributed by atoms with Gasteiger partial charge in [0.05, 0.1) is 0 Å². The molecule has 1 aliphatic rings. The molecule has 96 valence electrons. The van der Waals surface area contributed by atoms with E-state index < -0.39 is 0 Å². The molecule has 16 heavy (non-hydrogen) atoms. The Morgan fingerprint density at radius 3 is 2.44 bits per heavy atom. The lowest BCUT2D eigenvalue weighted by Crippen LogP contribution is -2.37. The van der Waals surface area contributed by atoms with E-state index in [0.29, 0.717) is 11.5 Å². The molecule has 2 nitrogen and oxygen atoms in total. The number of unbranched alkanes of at least 4 members (excludes halogenated alkanes) is 1. The van der Waals surface area contributed by atoms with Crippen LogP contribution in [0.4, 0.5) is 0 Å². The second kappa shape index (κ2) is 6.61. The van der Waals surface area contributed by atoms with Gasteiger partial charge in [0.15, 0.2) is 0 Å². The molecule has 1 saturated heterocycles. The van der Waals surface area contributed by atoms with E-state index in [-0.39, 0.29) is 0 Å². The summed E-state index contributed by atoms with van der Waals surface area (Å²) in [5.41, 5.74) is 6.77. The minimum Gasteiger partial charge on any atom is -0.327 e. The molecule has 0 aromatic carbocycles. The smallest absolute Gasteiger partial charge is 0.0167 e. The zero-order valence-corrected chi connectivity index (χ0v) is 11.5. The number of nitrogens with zero attached hydrogens (tertiary/aromatic N) is 1. The summed E-state index contributed by atoms with van der Waals surface area (Å²) < 4.78 is 0. The minimum atomic E-state index is 0.393. The number of nitrogens with two attached hydrogens (primary N) is 1. The van der Waals surface area contributed by atoms with Crippen molar-refractivity contribution in [3.63, 3.8) is 0 Å². The first-order valence-corrected chi connectivity index (χ1v) is 7.13. The Kier molecular flexibility index (Phi) is 5.77. The molecule has 2 heteroatoms. The Balaban J connectivity index is 2.30. The van der Waals surface area contributed by atoms with Gasteiger partial charge in [-0.25, -0.2) is 0 Å². The number of hydrogen-bond donors (Lipinski definition) is 1. The quantitative estimate of drug-likeness (QED) is 0.723. The number of hydrogen-bond acceptors (Lipinski definition) is 2. The molecule has 0 amide bonds. The van der Waals surface area contributed by atoms with E-state index in [4.69, 9.17) is 5.73 Å². The second-order valence-electron chi connectivity index (χ2n) is 5.59. The molecule has 1 unspecified atom stereocenters. The Hall–Kier alpha value is -0.0800. The first kappa shape index (κ1) is 14.0. The Bertz CT molecular complexity index is 187. The maximum atomic E-state index is 6.17. The third-order valence-corrected chi connectivity index (χ3v) is 4.44. The van der Waals surface area contributed by atoms with E-state index in [1.54, 1.807) is 0 Å². The third-order valence-electron chi connectivity index (χ3n) is 4.44. The van der Waals surface area contributed by atoms with Crippen LogP contribution in [0, 0.1) is 5.41 Å². The average Bonchev–Trinajstić information content (AvgIpc) is 2.70. The van der Waals surface area contributed by atoms with Gasteiger partial charge in [0.1, 0.15) is 0 Å². The van der Waals surface area contributed by atoms with Crippen molar-refractivity contribution in [1.29, 1.82) is 0 Å². The van der Waals surface area contributed by atoms with Gasteiger partial charge >= 0.3 is 0 Å². The summed E-state index contributed by atoms with van der Waals surface area (Å²) in [6.07, 6.45) is 7.76. The molecular formula is C14H30N2. The first-order chi connectivity index (χ1) is 7.65. The maximum absolute atomic E-state index is 6.17. The largest absolute Gasteiger partial charge is 0.327 e. The highest BCUT2D eigenvalue weighted by atomic mass is 15.2. The molecule has 1 fully saturated rings. The normalized spacial score (nSPS) is 22.5. The van der Waals surface area contributed by atoms with Crippen LogP contribution < -0.4 is 5.73 Å². The second-order valence-corrected chi connectivity index (χ2v) is 5.59. The van der Waals surface area contributed by atoms with Crippen LogP contribution in [0.25, 0.3) is 0 Å². The van der Waals surface area contributed by atoms with Gasteiger partial charge in [-0.15, -0.1) is 0 Å². The van der Waals surface area contributed by atoms with Crippen LogP contribution in [0.1, 0.15) is 59.3 Å². The van der Waals surface area contributed by atoms with Crippen molar-refractivity contribution in [3.05, 3.63) is 0 Å². The predicted molar refractivity (Wildman–Crippen MR) is 71.6 cm³/mol. The van der Waals surface area contributed by atoms with Crippen molar-refractivity contribution in [2.45, 2.75) is 65.3 Å². The zero-order chi connectivity index (χ0) is 12.0. The van der Waals surface area contributed by atoms with Gasteiger partial charge in [-0.05, 0) is 37.6 Å². The van der Waals surface area contributed by atoms with Crippen LogP contribution in [0.15, 0.2) is 0 Å². The SMILES string of the molecule is CCCCC(N)CN1CCC(CC)(CC)C1. The molecule has 0 aliphatic carbocycles. The molecule has 0 aromatic heterocycles. The van der Waals surface area contributed by atoms with Crippen LogP contribution >= 0.6 is 0 Å². The van der Waals surface area contributed by atoms with Gasteiger partial charge in [-0.3, -0.25) is 0 Å². The molecule has 1 atom stereocenters. The fraction of sp³-hybridized carbons (Fsp3) is 1.00. The summed E-state index contributed by atoms with van der Waals surface area (Å²) in [5, 5.41) is 0. The maximum Gasteiger partial charge on any atom is 0.0167 e. The Labute approximate surface area is 102 Å². The Morgan fingerprint density at radius 2 is 1.94 bits per heavy atom. The summed E-state index contributed by atoms with van der Waals surface area (Å²) in [6, 6.07) is 0.393. The molecular weight excluding hydrogens is 196 g/mol. The van der Waals surface area contributed by atoms with Crippen molar-refractivity contribution in [2.75, 3.05) is 19.6 Å². The summed E-state index contributed by atoms with van der Waals surface area (Å²) in [6.45, 7) is 10.6. The van der Waals surface area contributed by atoms with Crippen molar-refractivity contribution in [3.8, 4) is 0 Å². The fourth-order valence-electron chi connectivity index (χ4n) is 2.90. The third kappa shape index (κ3) is 3.74. The van der Waals surface area contributed by atoms with Gasteiger partial charge in [0.25, 0.3) is 0 Å². The van der Waals surface area contributed by atoms with Gasteiger partial charge in [-0.1, -0.05) is 33.6 Å². The molecule has 1 aliphatic heterocycles. The monoisotopic (exact) mass is 226 g/mol. The Morgan fingerprint density at radius 1 is 1.25 bits per heavy atom. The molecule has 0 aromatic rings. The van der Waals surface area contributed by atoms with Crippen molar-refractivity contribution in [2.24, 2.45) is 11.1 Å². The highest BCUT2D eigenvalue weighted by Gasteiger charge is 2.34. The zero-order valence-electron chi connectivity index (χ0n) is 11.5. The topological polar surface area (TPSA) is 29.3 Å². The van der Waals surface area contributed by atoms with Gasteiger partial charge in [0.2, 0.25) is 0 Å². The molecule has 1 rings (SSSR count). The molecule has 0 saturated carbocycles. The lowest BCUT2D eigenvalue weighted by molar-refractivity contribution is 0.230. The average molecular weight is 226 g/mol. The first-order valence-electron chi connectivity index (χ1n) is 7.13. The van der Waals surface area contributed by atoms with Crippen LogP contribution in [0.2, 0.25) is 0 Å². The molecule has 0 spiro atoms. The molecule has 0 bridgehead atoms. The van der Waals surface area contributed by atoms with Crippen LogP contribution in [-0.2, 0) is 0 Å². The lowest BCUT2D eigenvalue weighted by atomic mass is 9.82. The van der Waals surface area contributed by atoms with Gasteiger partial charge < -0.3 is 10.6 Å². The summed E-state index contributed by atoms with van der Waals surface area (Å²) in [4.78, 5) is 2.59. The minimum absolute atomic E-state index is 0.393. The van der Waals surface area contributed by atoms with Crippen molar-refractivity contribution in [1.82, 2.24) is 4.90 Å². The summed E-state index contributed by atoms with van der Waals surface area (Å²) in [5.74, 6) is 0. The summed E-state index contributed by atoms with van der Waals surface area (Å²) in [7, 11) is 0. The van der Waals surface area contributed by atoms with E-state index in [0.717, 1.165) is 6.54 Å². The number of likely N-dealkylation sites (tertiary alicyclic amines) is 1. The lowest BCUT2D eigenvalue weighted by Gasteiger charge is -2.27. The predicted octanol–water partition coefficient (Wildman–Crippen LogP) is 3.02. The fourth-order valence-corrected chi connectivity index (χ4v) is 2.90. The van der Waals surface area contributed by atoms with E-state index in [9.17, 15) is 0 Å². The standard InChI is InChI=1S/C14H30N2/c1-4-7-8-13(15)11-16-10-9-14(5-2,6-3)12-16/h13H,4-12,15H2,1-3H3. The van der Waals surface area contributed by atoms with Crippen molar-refractivity contribution >= 4 is 0 Å². The molecule has 2 N–H and O–H groups in total. The van der Waals surface area contributed by atoms with Crippen LogP contribution in [0.3, 0.4) is 0 Å². The van der Waals surface area contributed by atoms with Crippen LogP contribution in [0.5, 0.6) is 0 Å². The van der Waals surface area contributed by atoms with E-state index >= 15 is 0 Å². The van der Waals surface area contributed by atoms with Crippen LogP contribution in [-0.4, -0.2) is 30.6 Å². The van der Waals surface area contributed by atoms with E-state index in [2.05, 4.69) is 25.7 Å². The number of rotatable bonds is 7. The highest BCUT2D eigenvalue weighted by molar-refractivity contribution is 4.89. The highest BCUT2D eigenvalue weighted by Crippen LogP contribution is 2.36.